The lowest BCUT2D eigenvalue weighted by Gasteiger charge is -1.96. The molecule has 1 heterocycles. The van der Waals surface area contributed by atoms with E-state index in [9.17, 15) is 18.0 Å². The Morgan fingerprint density at radius 3 is 2.65 bits per heavy atom. The first-order valence-electron chi connectivity index (χ1n) is 4.88. The average molecular weight is 243 g/mol. The van der Waals surface area contributed by atoms with E-state index in [0.717, 1.165) is 12.1 Å². The summed E-state index contributed by atoms with van der Waals surface area (Å²) in [6, 6.07) is 1.88. The maximum absolute atomic E-state index is 13.3. The fraction of sp³-hybridized carbons (Fsp3) is 0.182. The number of carbonyl (C=O) groups is 1. The van der Waals surface area contributed by atoms with E-state index in [-0.39, 0.29) is 23.2 Å². The summed E-state index contributed by atoms with van der Waals surface area (Å²) in [5, 5.41) is -0.188. The van der Waals surface area contributed by atoms with Gasteiger partial charge in [-0.1, -0.05) is 0 Å². The summed E-state index contributed by atoms with van der Waals surface area (Å²) in [7, 11) is 0. The van der Waals surface area contributed by atoms with Gasteiger partial charge in [-0.3, -0.25) is 0 Å². The largest absolute Gasteiger partial charge is 0.461 e. The lowest BCUT2D eigenvalue weighted by molar-refractivity contribution is 0.0520. The Kier molecular flexibility index (Phi) is 2.79. The van der Waals surface area contributed by atoms with Crippen LogP contribution >= 0.6 is 0 Å². The van der Waals surface area contributed by atoms with Gasteiger partial charge in [0.25, 0.3) is 0 Å². The standard InChI is InChI=1S/C11H8F3NO2/c1-2-17-11(16)8-3-5-7(15-8)4-6(12)10(14)9(5)13/h3-4,15H,2H2,1H3. The molecule has 0 unspecified atom stereocenters. The molecule has 90 valence electrons. The van der Waals surface area contributed by atoms with Crippen LogP contribution in [0.2, 0.25) is 0 Å². The molecule has 0 spiro atoms. The van der Waals surface area contributed by atoms with Crippen molar-refractivity contribution in [1.29, 1.82) is 0 Å². The smallest absolute Gasteiger partial charge is 0.354 e. The van der Waals surface area contributed by atoms with Gasteiger partial charge in [0.2, 0.25) is 0 Å². The number of hydrogen-bond donors (Lipinski definition) is 1. The van der Waals surface area contributed by atoms with Gasteiger partial charge in [-0.15, -0.1) is 0 Å². The molecule has 0 aliphatic heterocycles. The highest BCUT2D eigenvalue weighted by atomic mass is 19.2. The SMILES string of the molecule is CCOC(=O)c1cc2c(F)c(F)c(F)cc2[nH]1. The molecule has 1 aromatic carbocycles. The van der Waals surface area contributed by atoms with Crippen molar-refractivity contribution >= 4 is 16.9 Å². The van der Waals surface area contributed by atoms with E-state index in [1.54, 1.807) is 6.92 Å². The first-order chi connectivity index (χ1) is 8.04. The molecule has 0 saturated carbocycles. The van der Waals surface area contributed by atoms with Crippen LogP contribution in [-0.4, -0.2) is 17.6 Å². The number of hydrogen-bond acceptors (Lipinski definition) is 2. The van der Waals surface area contributed by atoms with Gasteiger partial charge in [-0.05, 0) is 13.0 Å². The molecule has 0 radical (unpaired) electrons. The van der Waals surface area contributed by atoms with Gasteiger partial charge >= 0.3 is 5.97 Å². The molecule has 2 rings (SSSR count). The summed E-state index contributed by atoms with van der Waals surface area (Å²) >= 11 is 0. The number of aromatic nitrogens is 1. The van der Waals surface area contributed by atoms with Gasteiger partial charge in [0, 0.05) is 11.5 Å². The molecule has 0 amide bonds. The lowest BCUT2D eigenvalue weighted by Crippen LogP contribution is -2.04. The molecule has 1 N–H and O–H groups in total. The number of nitrogens with one attached hydrogen (secondary N) is 1. The monoisotopic (exact) mass is 243 g/mol. The third-order valence-corrected chi connectivity index (χ3v) is 2.25. The van der Waals surface area contributed by atoms with Crippen LogP contribution in [0.25, 0.3) is 10.9 Å². The van der Waals surface area contributed by atoms with E-state index in [4.69, 9.17) is 0 Å². The van der Waals surface area contributed by atoms with E-state index in [1.165, 1.54) is 0 Å². The quantitative estimate of drug-likeness (QED) is 0.651. The molecule has 0 aliphatic rings. The predicted molar refractivity (Wildman–Crippen MR) is 54.1 cm³/mol. The van der Waals surface area contributed by atoms with Gasteiger partial charge in [0.05, 0.1) is 12.1 Å². The van der Waals surface area contributed by atoms with Crippen LogP contribution in [0.3, 0.4) is 0 Å². The summed E-state index contributed by atoms with van der Waals surface area (Å²) in [5.74, 6) is -4.91. The zero-order valence-electron chi connectivity index (χ0n) is 8.81. The topological polar surface area (TPSA) is 42.1 Å². The third kappa shape index (κ3) is 1.86. The molecule has 0 atom stereocenters. The van der Waals surface area contributed by atoms with Crippen molar-refractivity contribution in [2.75, 3.05) is 6.61 Å². The maximum Gasteiger partial charge on any atom is 0.354 e. The molecule has 0 bridgehead atoms. The first kappa shape index (κ1) is 11.5. The first-order valence-corrected chi connectivity index (χ1v) is 4.88. The zero-order valence-corrected chi connectivity index (χ0v) is 8.81. The molecule has 2 aromatic rings. The van der Waals surface area contributed by atoms with Crippen LogP contribution in [0.4, 0.5) is 13.2 Å². The van der Waals surface area contributed by atoms with Crippen LogP contribution in [0.15, 0.2) is 12.1 Å². The van der Waals surface area contributed by atoms with Crippen LogP contribution in [-0.2, 0) is 4.74 Å². The number of carbonyl (C=O) groups excluding carboxylic acids is 1. The van der Waals surface area contributed by atoms with E-state index >= 15 is 0 Å². The molecule has 3 nitrogen and oxygen atoms in total. The van der Waals surface area contributed by atoms with Crippen molar-refractivity contribution in [1.82, 2.24) is 4.98 Å². The molecular formula is C11H8F3NO2. The number of aromatic amines is 1. The fourth-order valence-corrected chi connectivity index (χ4v) is 1.50. The Balaban J connectivity index is 2.58. The molecule has 0 aliphatic carbocycles. The van der Waals surface area contributed by atoms with E-state index in [0.29, 0.717) is 0 Å². The number of halogens is 3. The normalized spacial score (nSPS) is 10.8. The molecule has 1 aromatic heterocycles. The van der Waals surface area contributed by atoms with Crippen molar-refractivity contribution in [2.45, 2.75) is 6.92 Å². The van der Waals surface area contributed by atoms with Crippen LogP contribution in [0.1, 0.15) is 17.4 Å². The Hall–Kier alpha value is -1.98. The Labute approximate surface area is 94.2 Å². The Morgan fingerprint density at radius 1 is 1.29 bits per heavy atom. The van der Waals surface area contributed by atoms with Gasteiger partial charge in [0.15, 0.2) is 17.5 Å². The highest BCUT2D eigenvalue weighted by molar-refractivity contribution is 5.95. The van der Waals surface area contributed by atoms with Crippen molar-refractivity contribution in [3.63, 3.8) is 0 Å². The number of fused-ring (bicyclic) bond motifs is 1. The van der Waals surface area contributed by atoms with Crippen molar-refractivity contribution < 1.29 is 22.7 Å². The minimum Gasteiger partial charge on any atom is -0.461 e. The molecule has 6 heteroatoms. The average Bonchev–Trinajstić information content (AvgIpc) is 2.70. The minimum atomic E-state index is -1.56. The van der Waals surface area contributed by atoms with E-state index in [1.807, 2.05) is 0 Å². The summed E-state index contributed by atoms with van der Waals surface area (Å²) in [5.41, 5.74) is -0.0461. The van der Waals surface area contributed by atoms with E-state index in [2.05, 4.69) is 9.72 Å². The lowest BCUT2D eigenvalue weighted by atomic mass is 10.2. The van der Waals surface area contributed by atoms with Crippen LogP contribution in [0, 0.1) is 17.5 Å². The predicted octanol–water partition coefficient (Wildman–Crippen LogP) is 2.76. The van der Waals surface area contributed by atoms with Crippen molar-refractivity contribution in [2.24, 2.45) is 0 Å². The Morgan fingerprint density at radius 2 is 2.00 bits per heavy atom. The highest BCUT2D eigenvalue weighted by Gasteiger charge is 2.18. The Bertz CT molecular complexity index is 592. The second-order valence-corrected chi connectivity index (χ2v) is 3.35. The summed E-state index contributed by atoms with van der Waals surface area (Å²) in [6.45, 7) is 1.76. The zero-order chi connectivity index (χ0) is 12.6. The molecule has 17 heavy (non-hydrogen) atoms. The third-order valence-electron chi connectivity index (χ3n) is 2.25. The van der Waals surface area contributed by atoms with Crippen molar-refractivity contribution in [3.8, 4) is 0 Å². The number of rotatable bonds is 2. The van der Waals surface area contributed by atoms with Gasteiger partial charge < -0.3 is 9.72 Å². The van der Waals surface area contributed by atoms with Gasteiger partial charge in [-0.2, -0.15) is 0 Å². The van der Waals surface area contributed by atoms with Crippen LogP contribution < -0.4 is 0 Å². The second kappa shape index (κ2) is 4.12. The number of esters is 1. The molecule has 0 fully saturated rings. The molecular weight excluding hydrogens is 235 g/mol. The summed E-state index contributed by atoms with van der Waals surface area (Å²) in [4.78, 5) is 13.8. The maximum atomic E-state index is 13.3. The summed E-state index contributed by atoms with van der Waals surface area (Å²) < 4.78 is 43.9. The van der Waals surface area contributed by atoms with Gasteiger partial charge in [-0.25, -0.2) is 18.0 Å². The summed E-state index contributed by atoms with van der Waals surface area (Å²) in [6.07, 6.45) is 0. The fourth-order valence-electron chi connectivity index (χ4n) is 1.50. The minimum absolute atomic E-state index is 0.00412. The number of H-pyrrole nitrogens is 1. The van der Waals surface area contributed by atoms with Gasteiger partial charge in [0.1, 0.15) is 5.69 Å². The number of benzene rings is 1. The number of ether oxygens (including phenoxy) is 1. The van der Waals surface area contributed by atoms with E-state index < -0.39 is 23.4 Å². The van der Waals surface area contributed by atoms with Crippen molar-refractivity contribution in [3.05, 3.63) is 35.3 Å². The molecule has 0 saturated heterocycles. The van der Waals surface area contributed by atoms with Crippen LogP contribution in [0.5, 0.6) is 0 Å². The highest BCUT2D eigenvalue weighted by Crippen LogP contribution is 2.23. The second-order valence-electron chi connectivity index (χ2n) is 3.35.